The van der Waals surface area contributed by atoms with Crippen LogP contribution in [0, 0.1) is 5.82 Å². The van der Waals surface area contributed by atoms with E-state index < -0.39 is 11.8 Å². The molecule has 132 valence electrons. The van der Waals surface area contributed by atoms with Crippen molar-refractivity contribution in [2.45, 2.75) is 37.7 Å². The van der Waals surface area contributed by atoms with Gasteiger partial charge in [-0.05, 0) is 37.8 Å². The number of nitrogen functional groups attached to an aromatic ring is 1. The summed E-state index contributed by atoms with van der Waals surface area (Å²) in [7, 11) is 1.20. The number of carbonyl (C=O) groups excluding carboxylic acids is 1. The van der Waals surface area contributed by atoms with Gasteiger partial charge in [0.2, 0.25) is 0 Å². The molecule has 0 bridgehead atoms. The van der Waals surface area contributed by atoms with E-state index in [9.17, 15) is 14.3 Å². The summed E-state index contributed by atoms with van der Waals surface area (Å²) in [6.07, 6.45) is 4.50. The van der Waals surface area contributed by atoms with Crippen molar-refractivity contribution in [3.05, 3.63) is 41.5 Å². The Labute approximate surface area is 144 Å². The number of hydrogen-bond acceptors (Lipinski definition) is 6. The topological polar surface area (TPSA) is 98.3 Å². The summed E-state index contributed by atoms with van der Waals surface area (Å²) in [5, 5.41) is 9.64. The predicted octanol–water partition coefficient (Wildman–Crippen LogP) is 2.67. The Morgan fingerprint density at radius 3 is 2.68 bits per heavy atom. The minimum Gasteiger partial charge on any atom is -0.465 e. The molecule has 1 aliphatic carbocycles. The van der Waals surface area contributed by atoms with Crippen molar-refractivity contribution in [2.75, 3.05) is 12.8 Å². The van der Waals surface area contributed by atoms with Gasteiger partial charge < -0.3 is 15.6 Å². The van der Waals surface area contributed by atoms with E-state index in [0.717, 1.165) is 31.4 Å². The number of ether oxygens (including phenoxy) is 1. The average Bonchev–Trinajstić information content (AvgIpc) is 2.62. The highest BCUT2D eigenvalue weighted by atomic mass is 19.1. The van der Waals surface area contributed by atoms with E-state index >= 15 is 0 Å². The van der Waals surface area contributed by atoms with Crippen LogP contribution in [-0.4, -0.2) is 34.3 Å². The van der Waals surface area contributed by atoms with Gasteiger partial charge in [-0.1, -0.05) is 6.07 Å². The Morgan fingerprint density at radius 2 is 2.04 bits per heavy atom. The predicted molar refractivity (Wildman–Crippen MR) is 90.4 cm³/mol. The molecular weight excluding hydrogens is 325 g/mol. The molecule has 1 aliphatic rings. The highest BCUT2D eigenvalue weighted by Crippen LogP contribution is 2.33. The van der Waals surface area contributed by atoms with Crippen LogP contribution in [0.25, 0.3) is 11.3 Å². The third kappa shape index (κ3) is 3.61. The minimum atomic E-state index is -0.738. The number of esters is 1. The molecule has 0 atom stereocenters. The van der Waals surface area contributed by atoms with Crippen LogP contribution in [0.2, 0.25) is 0 Å². The van der Waals surface area contributed by atoms with Crippen molar-refractivity contribution in [1.82, 2.24) is 9.97 Å². The van der Waals surface area contributed by atoms with Gasteiger partial charge in [-0.25, -0.2) is 19.2 Å². The molecular formula is C18H20FN3O3. The van der Waals surface area contributed by atoms with Crippen molar-refractivity contribution < 1.29 is 19.0 Å². The lowest BCUT2D eigenvalue weighted by molar-refractivity contribution is 0.0595. The van der Waals surface area contributed by atoms with Crippen LogP contribution < -0.4 is 5.73 Å². The second-order valence-electron chi connectivity index (χ2n) is 6.22. The third-order valence-corrected chi connectivity index (χ3v) is 4.58. The molecule has 1 saturated carbocycles. The maximum absolute atomic E-state index is 14.2. The Bertz CT molecular complexity index is 789. The van der Waals surface area contributed by atoms with Crippen molar-refractivity contribution in [1.29, 1.82) is 0 Å². The zero-order chi connectivity index (χ0) is 18.0. The molecule has 2 aromatic rings. The van der Waals surface area contributed by atoms with Gasteiger partial charge >= 0.3 is 5.97 Å². The molecule has 0 saturated heterocycles. The van der Waals surface area contributed by atoms with Crippen molar-refractivity contribution in [2.24, 2.45) is 0 Å². The van der Waals surface area contributed by atoms with Gasteiger partial charge in [0.15, 0.2) is 0 Å². The molecule has 1 heterocycles. The summed E-state index contributed by atoms with van der Waals surface area (Å²) >= 11 is 0. The van der Waals surface area contributed by atoms with Crippen LogP contribution in [0.3, 0.4) is 0 Å². The number of carbonyl (C=O) groups is 1. The number of methoxy groups -OCH3 is 1. The van der Waals surface area contributed by atoms with Gasteiger partial charge in [-0.15, -0.1) is 0 Å². The summed E-state index contributed by atoms with van der Waals surface area (Å²) in [5.41, 5.74) is 7.40. The maximum Gasteiger partial charge on any atom is 0.340 e. The van der Waals surface area contributed by atoms with Crippen LogP contribution >= 0.6 is 0 Å². The fraction of sp³-hybridized carbons (Fsp3) is 0.389. The van der Waals surface area contributed by atoms with Crippen LogP contribution in [0.15, 0.2) is 24.4 Å². The van der Waals surface area contributed by atoms with E-state index in [0.29, 0.717) is 11.3 Å². The third-order valence-electron chi connectivity index (χ3n) is 4.58. The fourth-order valence-electron chi connectivity index (χ4n) is 3.13. The molecule has 6 nitrogen and oxygen atoms in total. The molecule has 0 unspecified atom stereocenters. The van der Waals surface area contributed by atoms with Gasteiger partial charge in [0.25, 0.3) is 0 Å². The molecule has 1 fully saturated rings. The second kappa shape index (κ2) is 7.14. The first-order chi connectivity index (χ1) is 12.0. The molecule has 0 amide bonds. The summed E-state index contributed by atoms with van der Waals surface area (Å²) in [6, 6.07) is 4.13. The highest BCUT2D eigenvalue weighted by Gasteiger charge is 2.23. The van der Waals surface area contributed by atoms with Crippen LogP contribution in [0.1, 0.15) is 47.7 Å². The van der Waals surface area contributed by atoms with E-state index in [2.05, 4.69) is 14.7 Å². The molecule has 3 N–H and O–H groups in total. The monoisotopic (exact) mass is 345 g/mol. The van der Waals surface area contributed by atoms with Crippen LogP contribution in [0.5, 0.6) is 0 Å². The number of hydrogen-bond donors (Lipinski definition) is 2. The smallest absolute Gasteiger partial charge is 0.340 e. The average molecular weight is 345 g/mol. The van der Waals surface area contributed by atoms with E-state index in [1.807, 2.05) is 0 Å². The molecule has 0 spiro atoms. The zero-order valence-corrected chi connectivity index (χ0v) is 13.9. The number of aliphatic hydroxyl groups is 1. The molecule has 1 aromatic carbocycles. The van der Waals surface area contributed by atoms with Gasteiger partial charge in [0.1, 0.15) is 17.3 Å². The maximum atomic E-state index is 14.2. The normalized spacial score (nSPS) is 20.3. The standard InChI is InChI=1S/C18H20FN3O3/c1-25-18(24)13-7-4-11(8-14(13)19)16-17(20)21-9-15(22-16)10-2-5-12(23)6-3-10/h4,7-10,12,23H,2-3,5-6H2,1H3,(H2,20,21)/t10-,12-. The van der Waals surface area contributed by atoms with Gasteiger partial charge in [-0.2, -0.15) is 0 Å². The lowest BCUT2D eigenvalue weighted by Gasteiger charge is -2.25. The van der Waals surface area contributed by atoms with Crippen molar-refractivity contribution in [3.8, 4) is 11.3 Å². The Morgan fingerprint density at radius 1 is 1.32 bits per heavy atom. The number of nitrogens with zero attached hydrogens (tertiary/aromatic N) is 2. The second-order valence-corrected chi connectivity index (χ2v) is 6.22. The quantitative estimate of drug-likeness (QED) is 0.830. The largest absolute Gasteiger partial charge is 0.465 e. The van der Waals surface area contributed by atoms with E-state index in [1.165, 1.54) is 19.2 Å². The Kier molecular flexibility index (Phi) is 4.94. The molecule has 0 aliphatic heterocycles. The van der Waals surface area contributed by atoms with Gasteiger partial charge in [0, 0.05) is 11.5 Å². The summed E-state index contributed by atoms with van der Waals surface area (Å²) in [6.45, 7) is 0. The number of halogens is 1. The number of aromatic nitrogens is 2. The lowest BCUT2D eigenvalue weighted by atomic mass is 9.85. The number of aliphatic hydroxyl groups excluding tert-OH is 1. The molecule has 0 radical (unpaired) electrons. The lowest BCUT2D eigenvalue weighted by Crippen LogP contribution is -2.18. The van der Waals surface area contributed by atoms with Crippen LogP contribution in [0.4, 0.5) is 10.2 Å². The minimum absolute atomic E-state index is 0.143. The summed E-state index contributed by atoms with van der Waals surface area (Å²) in [5.74, 6) is -1.03. The zero-order valence-electron chi connectivity index (χ0n) is 13.9. The van der Waals surface area contributed by atoms with Gasteiger partial charge in [-0.3, -0.25) is 0 Å². The highest BCUT2D eigenvalue weighted by molar-refractivity contribution is 5.90. The first-order valence-corrected chi connectivity index (χ1v) is 8.18. The number of benzene rings is 1. The first-order valence-electron chi connectivity index (χ1n) is 8.18. The Hall–Kier alpha value is -2.54. The molecule has 7 heteroatoms. The van der Waals surface area contributed by atoms with Gasteiger partial charge in [0.05, 0.1) is 30.7 Å². The number of nitrogens with two attached hydrogens (primary N) is 1. The van der Waals surface area contributed by atoms with E-state index in [-0.39, 0.29) is 23.4 Å². The first kappa shape index (κ1) is 17.3. The summed E-state index contributed by atoms with van der Waals surface area (Å²) in [4.78, 5) is 20.3. The SMILES string of the molecule is COC(=O)c1ccc(-c2nc([C@H]3CC[C@H](O)CC3)cnc2N)cc1F. The molecule has 25 heavy (non-hydrogen) atoms. The van der Waals surface area contributed by atoms with E-state index in [1.54, 1.807) is 12.3 Å². The fourth-order valence-corrected chi connectivity index (χ4v) is 3.13. The molecule has 3 rings (SSSR count). The number of rotatable bonds is 3. The Balaban J connectivity index is 1.93. The van der Waals surface area contributed by atoms with Crippen molar-refractivity contribution in [3.63, 3.8) is 0 Å². The van der Waals surface area contributed by atoms with Crippen LogP contribution in [-0.2, 0) is 4.74 Å². The van der Waals surface area contributed by atoms with Crippen molar-refractivity contribution >= 4 is 11.8 Å². The summed E-state index contributed by atoms with van der Waals surface area (Å²) < 4.78 is 18.7. The number of anilines is 1. The molecule has 1 aromatic heterocycles. The van der Waals surface area contributed by atoms with E-state index in [4.69, 9.17) is 5.73 Å².